The van der Waals surface area contributed by atoms with E-state index in [1.165, 1.54) is 0 Å². The van der Waals surface area contributed by atoms with Crippen molar-refractivity contribution in [2.75, 3.05) is 7.11 Å². The third-order valence-electron chi connectivity index (χ3n) is 3.00. The van der Waals surface area contributed by atoms with Crippen LogP contribution in [0.1, 0.15) is 5.69 Å². The molecular weight excluding hydrogens is 240 g/mol. The Labute approximate surface area is 110 Å². The molecule has 2 heterocycles. The zero-order valence-electron chi connectivity index (χ0n) is 10.6. The number of benzene rings is 1. The van der Waals surface area contributed by atoms with Crippen LogP contribution in [0.5, 0.6) is 5.75 Å². The second-order valence-corrected chi connectivity index (χ2v) is 4.16. The fraction of sp³-hybridized carbons (Fsp3) is 0.143. The molecule has 0 radical (unpaired) electrons. The number of ether oxygens (including phenoxy) is 1. The summed E-state index contributed by atoms with van der Waals surface area (Å²) in [6.45, 7) is 0.433. The molecule has 3 aromatic rings. The summed E-state index contributed by atoms with van der Waals surface area (Å²) in [5, 5.41) is 4.49. The lowest BCUT2D eigenvalue weighted by Crippen LogP contribution is -2.04. The Kier molecular flexibility index (Phi) is 2.89. The number of pyridine rings is 1. The van der Waals surface area contributed by atoms with Gasteiger partial charge in [0, 0.05) is 12.1 Å². The molecule has 3 rings (SSSR count). The highest BCUT2D eigenvalue weighted by atomic mass is 16.5. The van der Waals surface area contributed by atoms with Crippen molar-refractivity contribution in [2.24, 2.45) is 5.73 Å². The van der Waals surface area contributed by atoms with Crippen molar-refractivity contribution in [1.82, 2.24) is 14.6 Å². The van der Waals surface area contributed by atoms with E-state index in [1.807, 2.05) is 42.5 Å². The first-order valence-electron chi connectivity index (χ1n) is 6.01. The van der Waals surface area contributed by atoms with Crippen LogP contribution in [0, 0.1) is 0 Å². The van der Waals surface area contributed by atoms with E-state index in [-0.39, 0.29) is 0 Å². The maximum absolute atomic E-state index is 5.70. The highest BCUT2D eigenvalue weighted by Gasteiger charge is 2.08. The lowest BCUT2D eigenvalue weighted by Gasteiger charge is -2.00. The van der Waals surface area contributed by atoms with Crippen molar-refractivity contribution in [2.45, 2.75) is 6.54 Å². The van der Waals surface area contributed by atoms with Gasteiger partial charge in [-0.1, -0.05) is 6.07 Å². The maximum atomic E-state index is 5.70. The standard InChI is InChI=1S/C14H14N4O/c1-19-12-7-5-10(6-8-12)14-16-13-4-2-3-11(9-15)18(13)17-14/h2-8H,9,15H2,1H3. The third kappa shape index (κ3) is 2.04. The van der Waals surface area contributed by atoms with Crippen molar-refractivity contribution in [3.05, 3.63) is 48.2 Å². The molecule has 0 spiro atoms. The van der Waals surface area contributed by atoms with E-state index < -0.39 is 0 Å². The summed E-state index contributed by atoms with van der Waals surface area (Å²) in [6.07, 6.45) is 0. The molecule has 1 aromatic carbocycles. The molecule has 0 aliphatic carbocycles. The Hall–Kier alpha value is -2.40. The Bertz CT molecular complexity index is 703. The van der Waals surface area contributed by atoms with Gasteiger partial charge >= 0.3 is 0 Å². The molecule has 0 atom stereocenters. The van der Waals surface area contributed by atoms with Crippen LogP contribution in [-0.2, 0) is 6.54 Å². The molecule has 2 N–H and O–H groups in total. The summed E-state index contributed by atoms with van der Waals surface area (Å²) in [4.78, 5) is 4.50. The number of rotatable bonds is 3. The molecule has 0 saturated heterocycles. The van der Waals surface area contributed by atoms with E-state index in [0.717, 1.165) is 22.7 Å². The van der Waals surface area contributed by atoms with E-state index >= 15 is 0 Å². The van der Waals surface area contributed by atoms with Crippen molar-refractivity contribution in [1.29, 1.82) is 0 Å². The van der Waals surface area contributed by atoms with Gasteiger partial charge in [-0.25, -0.2) is 9.50 Å². The van der Waals surface area contributed by atoms with Gasteiger partial charge in [0.15, 0.2) is 11.5 Å². The average molecular weight is 254 g/mol. The molecule has 0 unspecified atom stereocenters. The number of aromatic nitrogens is 3. The van der Waals surface area contributed by atoms with Crippen LogP contribution >= 0.6 is 0 Å². The fourth-order valence-electron chi connectivity index (χ4n) is 1.98. The van der Waals surface area contributed by atoms with Gasteiger partial charge in [-0.05, 0) is 36.4 Å². The number of hydrogen-bond acceptors (Lipinski definition) is 4. The second-order valence-electron chi connectivity index (χ2n) is 4.16. The van der Waals surface area contributed by atoms with Gasteiger partial charge < -0.3 is 10.5 Å². The van der Waals surface area contributed by atoms with Gasteiger partial charge in [-0.15, -0.1) is 5.10 Å². The third-order valence-corrected chi connectivity index (χ3v) is 3.00. The first-order chi connectivity index (χ1) is 9.31. The summed E-state index contributed by atoms with van der Waals surface area (Å²) in [5.41, 5.74) is 8.38. The topological polar surface area (TPSA) is 65.4 Å². The van der Waals surface area contributed by atoms with Gasteiger partial charge in [-0.3, -0.25) is 0 Å². The molecule has 5 nitrogen and oxygen atoms in total. The van der Waals surface area contributed by atoms with Crippen LogP contribution in [0.4, 0.5) is 0 Å². The predicted molar refractivity (Wildman–Crippen MR) is 72.9 cm³/mol. The minimum Gasteiger partial charge on any atom is -0.497 e. The summed E-state index contributed by atoms with van der Waals surface area (Å²) in [6, 6.07) is 13.5. The second kappa shape index (κ2) is 4.70. The summed E-state index contributed by atoms with van der Waals surface area (Å²) >= 11 is 0. The van der Waals surface area contributed by atoms with E-state index in [9.17, 15) is 0 Å². The van der Waals surface area contributed by atoms with Gasteiger partial charge in [0.25, 0.3) is 0 Å². The Balaban J connectivity index is 2.09. The van der Waals surface area contributed by atoms with Crippen LogP contribution in [0.25, 0.3) is 17.0 Å². The van der Waals surface area contributed by atoms with Crippen LogP contribution in [0.2, 0.25) is 0 Å². The SMILES string of the molecule is COc1ccc(-c2nc3cccc(CN)n3n2)cc1. The Morgan fingerprint density at radius 1 is 1.16 bits per heavy atom. The van der Waals surface area contributed by atoms with E-state index in [0.29, 0.717) is 12.4 Å². The van der Waals surface area contributed by atoms with Crippen LogP contribution in [0.15, 0.2) is 42.5 Å². The van der Waals surface area contributed by atoms with Crippen LogP contribution in [-0.4, -0.2) is 21.7 Å². The minimum atomic E-state index is 0.433. The van der Waals surface area contributed by atoms with E-state index in [2.05, 4.69) is 10.1 Å². The lowest BCUT2D eigenvalue weighted by molar-refractivity contribution is 0.415. The molecule has 0 aliphatic rings. The minimum absolute atomic E-state index is 0.433. The zero-order valence-corrected chi connectivity index (χ0v) is 10.6. The normalized spacial score (nSPS) is 10.8. The molecule has 0 saturated carbocycles. The molecule has 96 valence electrons. The number of hydrogen-bond donors (Lipinski definition) is 1. The molecule has 19 heavy (non-hydrogen) atoms. The molecule has 0 aliphatic heterocycles. The molecule has 5 heteroatoms. The van der Waals surface area contributed by atoms with Gasteiger partial charge in [-0.2, -0.15) is 0 Å². The summed E-state index contributed by atoms with van der Waals surface area (Å²) < 4.78 is 6.92. The molecule has 0 fully saturated rings. The molecule has 0 amide bonds. The summed E-state index contributed by atoms with van der Waals surface area (Å²) in [5.74, 6) is 1.50. The highest BCUT2D eigenvalue weighted by Crippen LogP contribution is 2.20. The number of fused-ring (bicyclic) bond motifs is 1. The largest absolute Gasteiger partial charge is 0.497 e. The quantitative estimate of drug-likeness (QED) is 0.774. The maximum Gasteiger partial charge on any atom is 0.182 e. The fourth-order valence-corrected chi connectivity index (χ4v) is 1.98. The van der Waals surface area contributed by atoms with E-state index in [1.54, 1.807) is 11.6 Å². The highest BCUT2D eigenvalue weighted by molar-refractivity contribution is 5.59. The predicted octanol–water partition coefficient (Wildman–Crippen LogP) is 1.86. The summed E-state index contributed by atoms with van der Waals surface area (Å²) in [7, 11) is 1.64. The van der Waals surface area contributed by atoms with E-state index in [4.69, 9.17) is 10.5 Å². The van der Waals surface area contributed by atoms with Gasteiger partial charge in [0.2, 0.25) is 0 Å². The molecule has 2 aromatic heterocycles. The smallest absolute Gasteiger partial charge is 0.182 e. The number of nitrogens with zero attached hydrogens (tertiary/aromatic N) is 3. The van der Waals surface area contributed by atoms with Crippen molar-refractivity contribution in [3.8, 4) is 17.1 Å². The van der Waals surface area contributed by atoms with Crippen molar-refractivity contribution in [3.63, 3.8) is 0 Å². The average Bonchev–Trinajstić information content (AvgIpc) is 2.91. The number of methoxy groups -OCH3 is 1. The van der Waals surface area contributed by atoms with Crippen LogP contribution in [0.3, 0.4) is 0 Å². The van der Waals surface area contributed by atoms with Gasteiger partial charge in [0.1, 0.15) is 5.75 Å². The Morgan fingerprint density at radius 3 is 2.63 bits per heavy atom. The first kappa shape index (κ1) is 11.7. The van der Waals surface area contributed by atoms with Crippen LogP contribution < -0.4 is 10.5 Å². The van der Waals surface area contributed by atoms with Crippen molar-refractivity contribution >= 4 is 5.65 Å². The Morgan fingerprint density at radius 2 is 1.95 bits per heavy atom. The monoisotopic (exact) mass is 254 g/mol. The molecular formula is C14H14N4O. The first-order valence-corrected chi connectivity index (χ1v) is 6.01. The van der Waals surface area contributed by atoms with Gasteiger partial charge in [0.05, 0.1) is 12.8 Å². The zero-order chi connectivity index (χ0) is 13.2. The lowest BCUT2D eigenvalue weighted by atomic mass is 10.2. The number of nitrogens with two attached hydrogens (primary N) is 1. The molecule has 0 bridgehead atoms. The van der Waals surface area contributed by atoms with Crippen molar-refractivity contribution < 1.29 is 4.74 Å².